The van der Waals surface area contributed by atoms with Gasteiger partial charge in [0.25, 0.3) is 11.5 Å². The summed E-state index contributed by atoms with van der Waals surface area (Å²) in [4.78, 5) is 26.1. The van der Waals surface area contributed by atoms with Crippen LogP contribution in [0.4, 0.5) is 5.69 Å². The molecule has 5 aromatic rings. The lowest BCUT2D eigenvalue weighted by Crippen LogP contribution is -2.24. The normalized spacial score (nSPS) is 11.0. The highest BCUT2D eigenvalue weighted by Crippen LogP contribution is 2.20. The Hall–Kier alpha value is -4.39. The lowest BCUT2D eigenvalue weighted by molar-refractivity contribution is 0.102. The molecule has 0 spiro atoms. The van der Waals surface area contributed by atoms with Gasteiger partial charge in [0.1, 0.15) is 11.3 Å². The van der Waals surface area contributed by atoms with Gasteiger partial charge in [-0.25, -0.2) is 4.52 Å². The number of carbonyl (C=O) groups excluding carboxylic acids is 1. The maximum atomic E-state index is 13.3. The number of nitrogens with one attached hydrogen (secondary N) is 1. The third kappa shape index (κ3) is 3.50. The molecule has 5 rings (SSSR count). The van der Waals surface area contributed by atoms with Crippen molar-refractivity contribution in [3.05, 3.63) is 107 Å². The fourth-order valence-electron chi connectivity index (χ4n) is 3.76. The zero-order valence-corrected chi connectivity index (χ0v) is 17.4. The van der Waals surface area contributed by atoms with Crippen LogP contribution in [0, 0.1) is 0 Å². The van der Waals surface area contributed by atoms with E-state index >= 15 is 0 Å². The predicted molar refractivity (Wildman–Crippen MR) is 123 cm³/mol. The van der Waals surface area contributed by atoms with Gasteiger partial charge in [0.15, 0.2) is 0 Å². The standard InChI is InChI=1S/C25H20N4O3/c1-32-20-10-7-17(8-11-20)16-28-23-15-18(24(30)27-19-5-3-2-4-6-19)9-12-21(23)29-22(25(28)31)13-14-26-29/h2-15H,16H2,1H3,(H,27,30). The second-order valence-corrected chi connectivity index (χ2v) is 7.39. The van der Waals surface area contributed by atoms with Crippen LogP contribution in [0.25, 0.3) is 16.6 Å². The summed E-state index contributed by atoms with van der Waals surface area (Å²) in [6.45, 7) is 0.352. The smallest absolute Gasteiger partial charge is 0.277 e. The van der Waals surface area contributed by atoms with Gasteiger partial charge in [-0.3, -0.25) is 9.59 Å². The summed E-state index contributed by atoms with van der Waals surface area (Å²) in [7, 11) is 1.61. The maximum absolute atomic E-state index is 13.3. The minimum Gasteiger partial charge on any atom is -0.497 e. The van der Waals surface area contributed by atoms with Crippen LogP contribution in [-0.2, 0) is 6.54 Å². The van der Waals surface area contributed by atoms with Crippen molar-refractivity contribution in [3.8, 4) is 5.75 Å². The van der Waals surface area contributed by atoms with Crippen molar-refractivity contribution in [1.82, 2.24) is 14.2 Å². The average Bonchev–Trinajstić information content (AvgIpc) is 3.33. The number of amides is 1. The number of hydrogen-bond acceptors (Lipinski definition) is 4. The van der Waals surface area contributed by atoms with E-state index in [2.05, 4.69) is 10.4 Å². The zero-order valence-electron chi connectivity index (χ0n) is 17.4. The minimum atomic E-state index is -0.248. The molecule has 32 heavy (non-hydrogen) atoms. The molecule has 0 bridgehead atoms. The van der Waals surface area contributed by atoms with E-state index in [4.69, 9.17) is 4.74 Å². The fraction of sp³-hybridized carbons (Fsp3) is 0.0800. The van der Waals surface area contributed by atoms with E-state index in [0.717, 1.165) is 16.8 Å². The van der Waals surface area contributed by atoms with Gasteiger partial charge in [-0.05, 0) is 54.1 Å². The number of hydrogen-bond donors (Lipinski definition) is 1. The quantitative estimate of drug-likeness (QED) is 0.463. The van der Waals surface area contributed by atoms with Gasteiger partial charge in [0.2, 0.25) is 0 Å². The van der Waals surface area contributed by atoms with E-state index in [1.54, 1.807) is 40.6 Å². The van der Waals surface area contributed by atoms with Crippen molar-refractivity contribution in [1.29, 1.82) is 0 Å². The molecule has 2 heterocycles. The first-order valence-electron chi connectivity index (χ1n) is 10.1. The molecule has 0 saturated carbocycles. The average molecular weight is 424 g/mol. The number of methoxy groups -OCH3 is 1. The van der Waals surface area contributed by atoms with Crippen LogP contribution in [-0.4, -0.2) is 27.2 Å². The molecule has 0 aliphatic heterocycles. The van der Waals surface area contributed by atoms with E-state index in [-0.39, 0.29) is 11.5 Å². The first-order valence-corrected chi connectivity index (χ1v) is 10.1. The third-order valence-corrected chi connectivity index (χ3v) is 5.39. The number of rotatable bonds is 5. The molecule has 0 radical (unpaired) electrons. The summed E-state index contributed by atoms with van der Waals surface area (Å²) in [6.07, 6.45) is 1.60. The summed E-state index contributed by atoms with van der Waals surface area (Å²) in [5.41, 5.74) is 3.78. The Balaban J connectivity index is 1.62. The molecule has 0 unspecified atom stereocenters. The van der Waals surface area contributed by atoms with E-state index in [1.807, 2.05) is 60.7 Å². The minimum absolute atomic E-state index is 0.175. The number of para-hydroxylation sites is 1. The molecule has 158 valence electrons. The van der Waals surface area contributed by atoms with Gasteiger partial charge in [0.05, 0.1) is 30.9 Å². The Bertz CT molecular complexity index is 1490. The number of anilines is 1. The lowest BCUT2D eigenvalue weighted by atomic mass is 10.1. The number of aromatic nitrogens is 3. The highest BCUT2D eigenvalue weighted by atomic mass is 16.5. The molecule has 7 heteroatoms. The monoisotopic (exact) mass is 424 g/mol. The van der Waals surface area contributed by atoms with Crippen molar-refractivity contribution in [2.45, 2.75) is 6.54 Å². The molecule has 0 atom stereocenters. The van der Waals surface area contributed by atoms with Gasteiger partial charge in [-0.1, -0.05) is 30.3 Å². The van der Waals surface area contributed by atoms with Crippen LogP contribution in [0.15, 0.2) is 89.9 Å². The number of nitrogens with zero attached hydrogens (tertiary/aromatic N) is 3. The van der Waals surface area contributed by atoms with Crippen molar-refractivity contribution in [2.75, 3.05) is 12.4 Å². The number of benzene rings is 3. The van der Waals surface area contributed by atoms with Gasteiger partial charge in [-0.15, -0.1) is 0 Å². The van der Waals surface area contributed by atoms with Crippen molar-refractivity contribution < 1.29 is 9.53 Å². The summed E-state index contributed by atoms with van der Waals surface area (Å²) < 4.78 is 8.51. The Morgan fingerprint density at radius 3 is 2.47 bits per heavy atom. The summed E-state index contributed by atoms with van der Waals surface area (Å²) in [5.74, 6) is 0.499. The lowest BCUT2D eigenvalue weighted by Gasteiger charge is -2.14. The molecule has 0 aliphatic rings. The topological polar surface area (TPSA) is 77.6 Å². The van der Waals surface area contributed by atoms with E-state index < -0.39 is 0 Å². The van der Waals surface area contributed by atoms with Crippen LogP contribution < -0.4 is 15.6 Å². The summed E-state index contributed by atoms with van der Waals surface area (Å²) >= 11 is 0. The van der Waals surface area contributed by atoms with Crippen LogP contribution >= 0.6 is 0 Å². The molecule has 0 saturated heterocycles. The summed E-state index contributed by atoms with van der Waals surface area (Å²) in [6, 6.07) is 23.8. The Morgan fingerprint density at radius 2 is 1.72 bits per heavy atom. The molecule has 0 fully saturated rings. The first kappa shape index (κ1) is 19.6. The van der Waals surface area contributed by atoms with Crippen LogP contribution in [0.5, 0.6) is 5.75 Å². The third-order valence-electron chi connectivity index (χ3n) is 5.39. The molecule has 1 amide bonds. The molecular formula is C25H20N4O3. The maximum Gasteiger partial charge on any atom is 0.277 e. The van der Waals surface area contributed by atoms with Crippen LogP contribution in [0.1, 0.15) is 15.9 Å². The number of ether oxygens (including phenoxy) is 1. The SMILES string of the molecule is COc1ccc(Cn2c(=O)c3ccnn3c3ccc(C(=O)Nc4ccccc4)cc32)cc1. The van der Waals surface area contributed by atoms with Gasteiger partial charge < -0.3 is 14.6 Å². The summed E-state index contributed by atoms with van der Waals surface area (Å²) in [5, 5.41) is 7.20. The van der Waals surface area contributed by atoms with Gasteiger partial charge in [0, 0.05) is 11.3 Å². The Labute approximate surface area is 183 Å². The fourth-order valence-corrected chi connectivity index (χ4v) is 3.76. The molecule has 0 aliphatic carbocycles. The molecule has 2 aromatic heterocycles. The molecule has 3 aromatic carbocycles. The van der Waals surface area contributed by atoms with E-state index in [9.17, 15) is 9.59 Å². The Kier molecular flexibility index (Phi) is 4.91. The van der Waals surface area contributed by atoms with Crippen molar-refractivity contribution in [3.63, 3.8) is 0 Å². The highest BCUT2D eigenvalue weighted by molar-refractivity contribution is 6.06. The van der Waals surface area contributed by atoms with Crippen molar-refractivity contribution >= 4 is 28.1 Å². The van der Waals surface area contributed by atoms with Crippen LogP contribution in [0.3, 0.4) is 0 Å². The molecule has 7 nitrogen and oxygen atoms in total. The van der Waals surface area contributed by atoms with Crippen molar-refractivity contribution in [2.24, 2.45) is 0 Å². The predicted octanol–water partition coefficient (Wildman–Crippen LogP) is 3.96. The van der Waals surface area contributed by atoms with E-state index in [1.165, 1.54) is 0 Å². The molecule has 1 N–H and O–H groups in total. The zero-order chi connectivity index (χ0) is 22.1. The second kappa shape index (κ2) is 8.03. The van der Waals surface area contributed by atoms with E-state index in [0.29, 0.717) is 28.8 Å². The van der Waals surface area contributed by atoms with Crippen LogP contribution in [0.2, 0.25) is 0 Å². The first-order chi connectivity index (χ1) is 15.6. The molecular weight excluding hydrogens is 404 g/mol. The van der Waals surface area contributed by atoms with Gasteiger partial charge >= 0.3 is 0 Å². The largest absolute Gasteiger partial charge is 0.497 e. The number of carbonyl (C=O) groups is 1. The van der Waals surface area contributed by atoms with Gasteiger partial charge in [-0.2, -0.15) is 5.10 Å². The Morgan fingerprint density at radius 1 is 0.938 bits per heavy atom. The second-order valence-electron chi connectivity index (χ2n) is 7.39. The highest BCUT2D eigenvalue weighted by Gasteiger charge is 2.15. The number of fused-ring (bicyclic) bond motifs is 3.